The largest absolute Gasteiger partial charge is 0.317 e. The quantitative estimate of drug-likeness (QED) is 0.136. The second kappa shape index (κ2) is 14.7. The lowest BCUT2D eigenvalue weighted by Crippen LogP contribution is -2.24. The third-order valence-electron chi connectivity index (χ3n) is 6.94. The lowest BCUT2D eigenvalue weighted by molar-refractivity contribution is 0.543. The highest BCUT2D eigenvalue weighted by Gasteiger charge is 2.14. The van der Waals surface area contributed by atoms with Crippen molar-refractivity contribution in [1.82, 2.24) is 9.13 Å². The number of aromatic nitrogens is 2. The van der Waals surface area contributed by atoms with Crippen LogP contribution in [0.15, 0.2) is 140 Å². The highest BCUT2D eigenvalue weighted by Crippen LogP contribution is 2.29. The first kappa shape index (κ1) is 31.5. The molecule has 0 saturated heterocycles. The number of nitrogens with zero attached hydrogens (tertiary/aromatic N) is 8. The number of hydrogen-bond acceptors (Lipinski definition) is 8. The van der Waals surface area contributed by atoms with Crippen molar-refractivity contribution in [3.8, 4) is 0 Å². The Balaban J connectivity index is 1.38. The number of hydrogen-bond donors (Lipinski definition) is 0. The van der Waals surface area contributed by atoms with E-state index in [1.807, 2.05) is 98.8 Å². The van der Waals surface area contributed by atoms with Gasteiger partial charge in [-0.05, 0) is 86.6 Å². The molecule has 0 aliphatic carbocycles. The van der Waals surface area contributed by atoms with Crippen LogP contribution in [0, 0.1) is 13.8 Å². The smallest absolute Gasteiger partial charge is 0.192 e. The minimum atomic E-state index is 0.623. The molecule has 0 amide bonds. The van der Waals surface area contributed by atoms with Crippen molar-refractivity contribution in [2.24, 2.45) is 30.4 Å². The van der Waals surface area contributed by atoms with Crippen LogP contribution in [-0.2, 0) is 13.1 Å². The number of rotatable bonds is 9. The van der Waals surface area contributed by atoms with Gasteiger partial charge in [0.05, 0.1) is 34.1 Å². The van der Waals surface area contributed by atoms with Gasteiger partial charge < -0.3 is 9.13 Å². The molecule has 2 heterocycles. The highest BCUT2D eigenvalue weighted by atomic mass is 35.5. The Morgan fingerprint density at radius 1 is 0.478 bits per heavy atom. The van der Waals surface area contributed by atoms with Gasteiger partial charge in [0, 0.05) is 23.1 Å². The summed E-state index contributed by atoms with van der Waals surface area (Å²) in [6.45, 7) is 5.33. The van der Waals surface area contributed by atoms with E-state index in [9.17, 15) is 0 Å². The summed E-state index contributed by atoms with van der Waals surface area (Å²) in [5.41, 5.74) is 5.11. The first-order valence-corrected chi connectivity index (χ1v) is 16.8. The molecule has 0 bridgehead atoms. The molecule has 2 aromatic heterocycles. The molecule has 46 heavy (non-hydrogen) atoms. The fourth-order valence-electron chi connectivity index (χ4n) is 4.48. The van der Waals surface area contributed by atoms with Gasteiger partial charge in [-0.25, -0.2) is 9.98 Å². The summed E-state index contributed by atoms with van der Waals surface area (Å²) in [4.78, 5) is 11.6. The van der Waals surface area contributed by atoms with Gasteiger partial charge in [0.25, 0.3) is 0 Å². The van der Waals surface area contributed by atoms with Gasteiger partial charge in [-0.3, -0.25) is 0 Å². The topological polar surface area (TPSA) is 84.0 Å². The summed E-state index contributed by atoms with van der Waals surface area (Å²) in [7, 11) is 0. The van der Waals surface area contributed by atoms with E-state index in [1.165, 1.54) is 22.7 Å². The average Bonchev–Trinajstić information content (AvgIpc) is 3.53. The van der Waals surface area contributed by atoms with Gasteiger partial charge in [-0.15, -0.1) is 20.5 Å². The zero-order valence-corrected chi connectivity index (χ0v) is 28.1. The van der Waals surface area contributed by atoms with Crippen LogP contribution >= 0.6 is 45.9 Å². The molecule has 0 radical (unpaired) electrons. The minimum Gasteiger partial charge on any atom is -0.317 e. The Kier molecular flexibility index (Phi) is 10.1. The van der Waals surface area contributed by atoms with E-state index in [0.717, 1.165) is 53.7 Å². The fourth-order valence-corrected chi connectivity index (χ4v) is 6.73. The summed E-state index contributed by atoms with van der Waals surface area (Å²) in [5.74, 6) is 0. The van der Waals surface area contributed by atoms with Crippen molar-refractivity contribution >= 4 is 78.6 Å². The summed E-state index contributed by atoms with van der Waals surface area (Å²) in [6, 6.07) is 34.4. The normalized spacial score (nSPS) is 12.6. The van der Waals surface area contributed by atoms with E-state index in [0.29, 0.717) is 23.1 Å². The molecule has 0 aliphatic rings. The maximum Gasteiger partial charge on any atom is 0.192 e. The number of benzene rings is 4. The fraction of sp³-hybridized carbons (Fsp3) is 0.118. The lowest BCUT2D eigenvalue weighted by atomic mass is 10.3. The zero-order valence-electron chi connectivity index (χ0n) is 25.0. The molecule has 0 atom stereocenters. The standard InChI is InChI=1S/C34H28Cl2N8S2/c1-23-31(41-39-29-17-13-25(35)14-18-29)45-33(37-27-9-5-3-6-10-27)43(23)21-22-44-24(2)32(42-40-30-19-15-26(36)16-20-30)46-34(44)38-28-11-7-4-8-12-28/h3-20H,21-22H2,1-2H3. The number of thiazole rings is 2. The Hall–Kier alpha value is -4.48. The van der Waals surface area contributed by atoms with Crippen LogP contribution in [0.1, 0.15) is 11.4 Å². The molecule has 12 heteroatoms. The number of halogens is 2. The van der Waals surface area contributed by atoms with Crippen molar-refractivity contribution in [3.05, 3.63) is 140 Å². The molecular weight excluding hydrogens is 655 g/mol. The van der Waals surface area contributed by atoms with Crippen LogP contribution in [0.2, 0.25) is 10.0 Å². The third-order valence-corrected chi connectivity index (χ3v) is 9.57. The zero-order chi connectivity index (χ0) is 31.9. The maximum absolute atomic E-state index is 6.05. The van der Waals surface area contributed by atoms with Crippen molar-refractivity contribution < 1.29 is 0 Å². The Labute approximate surface area is 284 Å². The average molecular weight is 684 g/mol. The molecule has 0 aliphatic heterocycles. The second-order valence-electron chi connectivity index (χ2n) is 10.1. The molecule has 0 unspecified atom stereocenters. The van der Waals surface area contributed by atoms with Gasteiger partial charge >= 0.3 is 0 Å². The van der Waals surface area contributed by atoms with Crippen molar-refractivity contribution in [3.63, 3.8) is 0 Å². The highest BCUT2D eigenvalue weighted by molar-refractivity contribution is 7.13. The van der Waals surface area contributed by atoms with E-state index in [-0.39, 0.29) is 0 Å². The molecule has 0 spiro atoms. The summed E-state index contributed by atoms with van der Waals surface area (Å²) in [5, 5.41) is 21.0. The second-order valence-corrected chi connectivity index (χ2v) is 12.9. The molecule has 0 fully saturated rings. The monoisotopic (exact) mass is 682 g/mol. The Morgan fingerprint density at radius 3 is 1.22 bits per heavy atom. The van der Waals surface area contributed by atoms with Crippen molar-refractivity contribution in [2.45, 2.75) is 26.9 Å². The molecule has 0 N–H and O–H groups in total. The van der Waals surface area contributed by atoms with Crippen LogP contribution < -0.4 is 9.60 Å². The molecular formula is C34H28Cl2N8S2. The van der Waals surface area contributed by atoms with E-state index in [4.69, 9.17) is 33.2 Å². The molecule has 4 aromatic carbocycles. The summed E-state index contributed by atoms with van der Waals surface area (Å²) in [6.07, 6.45) is 0. The summed E-state index contributed by atoms with van der Waals surface area (Å²) < 4.78 is 4.36. The van der Waals surface area contributed by atoms with Gasteiger partial charge in [0.1, 0.15) is 0 Å². The van der Waals surface area contributed by atoms with Gasteiger partial charge in [0.15, 0.2) is 19.6 Å². The first-order chi connectivity index (χ1) is 22.4. The Bertz CT molecular complexity index is 1970. The van der Waals surface area contributed by atoms with E-state index < -0.39 is 0 Å². The van der Waals surface area contributed by atoms with Crippen molar-refractivity contribution in [2.75, 3.05) is 0 Å². The molecule has 230 valence electrons. The predicted octanol–water partition coefficient (Wildman–Crippen LogP) is 11.3. The van der Waals surface area contributed by atoms with E-state index in [2.05, 4.69) is 29.6 Å². The molecule has 0 saturated carbocycles. The first-order valence-electron chi connectivity index (χ1n) is 14.4. The van der Waals surface area contributed by atoms with Crippen LogP contribution in [-0.4, -0.2) is 9.13 Å². The minimum absolute atomic E-state index is 0.623. The molecule has 8 nitrogen and oxygen atoms in total. The Morgan fingerprint density at radius 2 is 0.848 bits per heavy atom. The van der Waals surface area contributed by atoms with E-state index >= 15 is 0 Å². The van der Waals surface area contributed by atoms with Crippen LogP contribution in [0.3, 0.4) is 0 Å². The predicted molar refractivity (Wildman–Crippen MR) is 189 cm³/mol. The van der Waals surface area contributed by atoms with Crippen LogP contribution in [0.25, 0.3) is 0 Å². The lowest BCUT2D eigenvalue weighted by Gasteiger charge is -2.09. The molecule has 6 aromatic rings. The van der Waals surface area contributed by atoms with E-state index in [1.54, 1.807) is 24.3 Å². The van der Waals surface area contributed by atoms with Crippen LogP contribution in [0.4, 0.5) is 32.8 Å². The SMILES string of the molecule is Cc1c(N=Nc2ccc(Cl)cc2)sc(=Nc2ccccc2)n1CCn1c(C)c(N=Nc2ccc(Cl)cc2)sc1=Nc1ccccc1. The maximum atomic E-state index is 6.05. The van der Waals surface area contributed by atoms with Crippen molar-refractivity contribution in [1.29, 1.82) is 0 Å². The van der Waals surface area contributed by atoms with Gasteiger partial charge in [0.2, 0.25) is 0 Å². The molecule has 6 rings (SSSR count). The summed E-state index contributed by atoms with van der Waals surface area (Å²) >= 11 is 15.1. The van der Waals surface area contributed by atoms with Crippen LogP contribution in [0.5, 0.6) is 0 Å². The number of para-hydroxylation sites is 2. The number of azo groups is 2. The third kappa shape index (κ3) is 7.83. The van der Waals surface area contributed by atoms with Gasteiger partial charge in [-0.1, -0.05) is 82.3 Å². The van der Waals surface area contributed by atoms with Gasteiger partial charge in [-0.2, -0.15) is 0 Å².